The monoisotopic (exact) mass is 429 g/mol. The van der Waals surface area contributed by atoms with Gasteiger partial charge < -0.3 is 11.1 Å². The second-order valence-electron chi connectivity index (χ2n) is 6.80. The van der Waals surface area contributed by atoms with Gasteiger partial charge in [-0.05, 0) is 61.3 Å². The highest BCUT2D eigenvalue weighted by Gasteiger charge is 2.20. The van der Waals surface area contributed by atoms with Crippen molar-refractivity contribution in [3.8, 4) is 0 Å². The van der Waals surface area contributed by atoms with Gasteiger partial charge in [-0.3, -0.25) is 9.69 Å². The Morgan fingerprint density at radius 1 is 1.15 bits per heavy atom. The molecular formula is C20H29Cl2N3OS. The molecule has 0 radical (unpaired) electrons. The Morgan fingerprint density at radius 3 is 2.56 bits per heavy atom. The third-order valence-corrected chi connectivity index (χ3v) is 5.79. The van der Waals surface area contributed by atoms with Crippen LogP contribution in [0.4, 0.5) is 5.69 Å². The molecule has 1 aliphatic heterocycles. The van der Waals surface area contributed by atoms with Gasteiger partial charge in [-0.25, -0.2) is 0 Å². The number of rotatable bonds is 7. The maximum Gasteiger partial charge on any atom is 0.220 e. The molecule has 1 amide bonds. The fourth-order valence-electron chi connectivity index (χ4n) is 3.33. The molecule has 4 nitrogen and oxygen atoms in total. The summed E-state index contributed by atoms with van der Waals surface area (Å²) in [5.74, 6) is 0.731. The molecule has 1 aliphatic rings. The third kappa shape index (κ3) is 7.70. The maximum absolute atomic E-state index is 12.1. The van der Waals surface area contributed by atoms with E-state index in [-0.39, 0.29) is 30.7 Å². The first-order chi connectivity index (χ1) is 12.2. The van der Waals surface area contributed by atoms with Crippen molar-refractivity contribution in [2.75, 3.05) is 25.4 Å². The first-order valence-electron chi connectivity index (χ1n) is 9.05. The largest absolute Gasteiger partial charge is 0.399 e. The van der Waals surface area contributed by atoms with Crippen LogP contribution in [0.15, 0.2) is 41.8 Å². The van der Waals surface area contributed by atoms with E-state index in [2.05, 4.69) is 27.7 Å². The summed E-state index contributed by atoms with van der Waals surface area (Å²) >= 11 is 1.83. The van der Waals surface area contributed by atoms with Crippen LogP contribution in [0.5, 0.6) is 0 Å². The molecule has 1 saturated heterocycles. The number of piperidine rings is 1. The Balaban J connectivity index is 0.00000182. The van der Waals surface area contributed by atoms with Gasteiger partial charge in [-0.1, -0.05) is 24.3 Å². The van der Waals surface area contributed by atoms with E-state index in [9.17, 15) is 4.79 Å². The molecule has 0 saturated carbocycles. The van der Waals surface area contributed by atoms with Gasteiger partial charge in [0, 0.05) is 30.1 Å². The molecule has 3 rings (SSSR count). The average Bonchev–Trinajstić information content (AvgIpc) is 3.13. The van der Waals surface area contributed by atoms with Crippen molar-refractivity contribution in [2.24, 2.45) is 5.92 Å². The zero-order valence-electron chi connectivity index (χ0n) is 15.4. The number of nitrogens with two attached hydrogens (primary N) is 1. The van der Waals surface area contributed by atoms with Crippen molar-refractivity contribution in [1.82, 2.24) is 10.2 Å². The summed E-state index contributed by atoms with van der Waals surface area (Å²) in [6.45, 7) is 4.11. The topological polar surface area (TPSA) is 58.4 Å². The van der Waals surface area contributed by atoms with Gasteiger partial charge in [0.05, 0.1) is 0 Å². The first kappa shape index (κ1) is 23.8. The molecule has 2 heterocycles. The summed E-state index contributed by atoms with van der Waals surface area (Å²) in [5, 5.41) is 5.25. The molecule has 3 N–H and O–H groups in total. The number of thiophene rings is 1. The number of carbonyl (C=O) groups is 1. The lowest BCUT2D eigenvalue weighted by Crippen LogP contribution is -2.38. The lowest BCUT2D eigenvalue weighted by Gasteiger charge is -2.31. The van der Waals surface area contributed by atoms with Crippen LogP contribution in [-0.2, 0) is 17.8 Å². The number of anilines is 1. The van der Waals surface area contributed by atoms with E-state index in [1.54, 1.807) is 0 Å². The molecule has 0 aliphatic carbocycles. The molecule has 27 heavy (non-hydrogen) atoms. The van der Waals surface area contributed by atoms with Crippen molar-refractivity contribution >= 4 is 47.7 Å². The van der Waals surface area contributed by atoms with Gasteiger partial charge in [-0.2, -0.15) is 0 Å². The molecule has 0 bridgehead atoms. The summed E-state index contributed by atoms with van der Waals surface area (Å²) in [5.41, 5.74) is 7.75. The lowest BCUT2D eigenvalue weighted by atomic mass is 9.96. The number of hydrogen-bond donors (Lipinski definition) is 2. The van der Waals surface area contributed by atoms with Gasteiger partial charge in [0.1, 0.15) is 0 Å². The molecular weight excluding hydrogens is 401 g/mol. The quantitative estimate of drug-likeness (QED) is 0.650. The molecule has 0 atom stereocenters. The van der Waals surface area contributed by atoms with E-state index >= 15 is 0 Å². The van der Waals surface area contributed by atoms with E-state index in [1.807, 2.05) is 35.6 Å². The summed E-state index contributed by atoms with van der Waals surface area (Å²) < 4.78 is 0. The average molecular weight is 430 g/mol. The van der Waals surface area contributed by atoms with Crippen LogP contribution in [0.2, 0.25) is 0 Å². The molecule has 1 aromatic carbocycles. The molecule has 7 heteroatoms. The number of halogens is 2. The Morgan fingerprint density at radius 2 is 1.89 bits per heavy atom. The molecule has 1 aromatic heterocycles. The zero-order chi connectivity index (χ0) is 17.5. The molecule has 1 fully saturated rings. The van der Waals surface area contributed by atoms with E-state index in [4.69, 9.17) is 5.73 Å². The number of carbonyl (C=O) groups excluding carboxylic acids is 1. The predicted molar refractivity (Wildman–Crippen MR) is 119 cm³/mol. The highest BCUT2D eigenvalue weighted by atomic mass is 35.5. The maximum atomic E-state index is 12.1. The minimum Gasteiger partial charge on any atom is -0.399 e. The Bertz CT molecular complexity index is 674. The van der Waals surface area contributed by atoms with Gasteiger partial charge >= 0.3 is 0 Å². The molecule has 0 spiro atoms. The van der Waals surface area contributed by atoms with E-state index in [1.165, 1.54) is 4.88 Å². The third-order valence-electron chi connectivity index (χ3n) is 4.93. The van der Waals surface area contributed by atoms with E-state index < -0.39 is 0 Å². The van der Waals surface area contributed by atoms with Crippen molar-refractivity contribution in [2.45, 2.75) is 32.2 Å². The molecule has 2 aromatic rings. The SMILES string of the molecule is Cl.Cl.Nc1ccccc1CCC(=O)NCC1CCN(Cc2cccs2)CC1. The standard InChI is InChI=1S/C20H27N3OS.2ClH/c21-19-6-2-1-4-17(19)7-8-20(24)22-14-16-9-11-23(12-10-16)15-18-5-3-13-25-18;;/h1-6,13,16H,7-12,14-15,21H2,(H,22,24);2*1H. The number of hydrogen-bond acceptors (Lipinski definition) is 4. The number of para-hydroxylation sites is 1. The Hall–Kier alpha value is -1.27. The van der Waals surface area contributed by atoms with Gasteiger partial charge in [0.2, 0.25) is 5.91 Å². The number of benzene rings is 1. The summed E-state index contributed by atoms with van der Waals surface area (Å²) in [4.78, 5) is 16.0. The van der Waals surface area contributed by atoms with Gasteiger partial charge in [0.15, 0.2) is 0 Å². The lowest BCUT2D eigenvalue weighted by molar-refractivity contribution is -0.121. The van der Waals surface area contributed by atoms with Crippen LogP contribution in [0.25, 0.3) is 0 Å². The predicted octanol–water partition coefficient (Wildman–Crippen LogP) is 4.13. The minimum absolute atomic E-state index is 0. The zero-order valence-corrected chi connectivity index (χ0v) is 17.9. The van der Waals surface area contributed by atoms with Gasteiger partial charge in [-0.15, -0.1) is 36.2 Å². The van der Waals surface area contributed by atoms with Crippen LogP contribution in [-0.4, -0.2) is 30.4 Å². The summed E-state index contributed by atoms with van der Waals surface area (Å²) in [7, 11) is 0. The first-order valence-corrected chi connectivity index (χ1v) is 9.93. The number of nitrogen functional groups attached to an aromatic ring is 1. The van der Waals surface area contributed by atoms with Crippen molar-refractivity contribution in [3.05, 3.63) is 52.2 Å². The smallest absolute Gasteiger partial charge is 0.220 e. The second-order valence-corrected chi connectivity index (χ2v) is 7.83. The normalized spacial score (nSPS) is 14.8. The Labute approximate surface area is 178 Å². The number of nitrogens with one attached hydrogen (secondary N) is 1. The summed E-state index contributed by atoms with van der Waals surface area (Å²) in [6.07, 6.45) is 3.54. The van der Waals surface area contributed by atoms with Crippen LogP contribution < -0.4 is 11.1 Å². The van der Waals surface area contributed by atoms with Crippen molar-refractivity contribution in [3.63, 3.8) is 0 Å². The van der Waals surface area contributed by atoms with Crippen LogP contribution >= 0.6 is 36.2 Å². The number of amides is 1. The van der Waals surface area contributed by atoms with E-state index in [0.29, 0.717) is 18.8 Å². The number of likely N-dealkylation sites (tertiary alicyclic amines) is 1. The number of nitrogens with zero attached hydrogens (tertiary/aromatic N) is 1. The van der Waals surface area contributed by atoms with Crippen LogP contribution in [0.1, 0.15) is 29.7 Å². The Kier molecular flexibility index (Phi) is 10.8. The number of aryl methyl sites for hydroxylation is 1. The van der Waals surface area contributed by atoms with Crippen LogP contribution in [0, 0.1) is 5.92 Å². The van der Waals surface area contributed by atoms with Crippen LogP contribution in [0.3, 0.4) is 0 Å². The summed E-state index contributed by atoms with van der Waals surface area (Å²) in [6, 6.07) is 12.1. The second kappa shape index (κ2) is 12.2. The van der Waals surface area contributed by atoms with Crippen molar-refractivity contribution < 1.29 is 4.79 Å². The highest BCUT2D eigenvalue weighted by molar-refractivity contribution is 7.09. The molecule has 150 valence electrons. The highest BCUT2D eigenvalue weighted by Crippen LogP contribution is 2.20. The van der Waals surface area contributed by atoms with E-state index in [0.717, 1.165) is 50.3 Å². The minimum atomic E-state index is 0. The fraction of sp³-hybridized carbons (Fsp3) is 0.450. The van der Waals surface area contributed by atoms with Gasteiger partial charge in [0.25, 0.3) is 0 Å². The van der Waals surface area contributed by atoms with Crippen molar-refractivity contribution in [1.29, 1.82) is 0 Å². The fourth-order valence-corrected chi connectivity index (χ4v) is 4.07. The molecule has 0 unspecified atom stereocenters.